The van der Waals surface area contributed by atoms with Gasteiger partial charge in [-0.3, -0.25) is 0 Å². The SMILES string of the molecule is CC(CC(C)(C)C)C1(O)CO1. The number of aliphatic hydroxyl groups is 1. The Hall–Kier alpha value is -0.0800. The molecule has 1 saturated heterocycles. The van der Waals surface area contributed by atoms with Crippen LogP contribution in [0.4, 0.5) is 0 Å². The molecule has 1 aliphatic heterocycles. The van der Waals surface area contributed by atoms with Crippen LogP contribution in [0.2, 0.25) is 0 Å². The minimum Gasteiger partial charge on any atom is -0.363 e. The third-order valence-electron chi connectivity index (χ3n) is 2.13. The van der Waals surface area contributed by atoms with Crippen LogP contribution in [0.25, 0.3) is 0 Å². The van der Waals surface area contributed by atoms with E-state index in [-0.39, 0.29) is 11.3 Å². The highest BCUT2D eigenvalue weighted by Crippen LogP contribution is 2.38. The molecule has 0 aromatic heterocycles. The minimum atomic E-state index is -0.784. The van der Waals surface area contributed by atoms with Crippen molar-refractivity contribution in [2.75, 3.05) is 6.61 Å². The summed E-state index contributed by atoms with van der Waals surface area (Å²) in [5.41, 5.74) is 0.279. The molecule has 0 amide bonds. The fourth-order valence-corrected chi connectivity index (χ4v) is 1.44. The van der Waals surface area contributed by atoms with Crippen molar-refractivity contribution in [2.24, 2.45) is 11.3 Å². The van der Waals surface area contributed by atoms with Gasteiger partial charge in [0.05, 0.1) is 0 Å². The Morgan fingerprint density at radius 1 is 1.55 bits per heavy atom. The van der Waals surface area contributed by atoms with Crippen LogP contribution in [0.3, 0.4) is 0 Å². The van der Waals surface area contributed by atoms with E-state index in [9.17, 15) is 5.11 Å². The lowest BCUT2D eigenvalue weighted by Crippen LogP contribution is -2.25. The van der Waals surface area contributed by atoms with Crippen molar-refractivity contribution in [3.05, 3.63) is 0 Å². The monoisotopic (exact) mass is 158 g/mol. The molecule has 1 fully saturated rings. The lowest BCUT2D eigenvalue weighted by molar-refractivity contribution is -0.0241. The molecule has 1 aliphatic rings. The van der Waals surface area contributed by atoms with Gasteiger partial charge in [0, 0.05) is 5.92 Å². The van der Waals surface area contributed by atoms with Gasteiger partial charge in [-0.25, -0.2) is 0 Å². The Kier molecular flexibility index (Phi) is 2.01. The van der Waals surface area contributed by atoms with Gasteiger partial charge in [-0.2, -0.15) is 0 Å². The fraction of sp³-hybridized carbons (Fsp3) is 1.00. The first kappa shape index (κ1) is 9.01. The fourth-order valence-electron chi connectivity index (χ4n) is 1.44. The molecular formula is C9H18O2. The quantitative estimate of drug-likeness (QED) is 0.621. The second-order valence-corrected chi connectivity index (χ2v) is 4.80. The molecule has 1 heterocycles. The van der Waals surface area contributed by atoms with Gasteiger partial charge < -0.3 is 9.84 Å². The molecule has 0 spiro atoms. The summed E-state index contributed by atoms with van der Waals surface area (Å²) >= 11 is 0. The molecule has 0 aromatic rings. The van der Waals surface area contributed by atoms with E-state index in [1.54, 1.807) is 0 Å². The van der Waals surface area contributed by atoms with Crippen LogP contribution in [0.1, 0.15) is 34.1 Å². The maximum atomic E-state index is 9.54. The third kappa shape index (κ3) is 2.46. The van der Waals surface area contributed by atoms with Crippen LogP contribution >= 0.6 is 0 Å². The van der Waals surface area contributed by atoms with Gasteiger partial charge in [0.15, 0.2) is 5.79 Å². The van der Waals surface area contributed by atoms with E-state index in [1.807, 2.05) is 6.92 Å². The van der Waals surface area contributed by atoms with Crippen molar-refractivity contribution in [3.8, 4) is 0 Å². The van der Waals surface area contributed by atoms with Crippen molar-refractivity contribution >= 4 is 0 Å². The van der Waals surface area contributed by atoms with Crippen LogP contribution in [-0.4, -0.2) is 17.5 Å². The molecule has 0 saturated carbocycles. The molecule has 11 heavy (non-hydrogen) atoms. The smallest absolute Gasteiger partial charge is 0.192 e. The third-order valence-corrected chi connectivity index (χ3v) is 2.13. The summed E-state index contributed by atoms with van der Waals surface area (Å²) in [4.78, 5) is 0. The van der Waals surface area contributed by atoms with E-state index in [0.717, 1.165) is 6.42 Å². The first-order chi connectivity index (χ1) is 4.83. The number of hydrogen-bond acceptors (Lipinski definition) is 2. The standard InChI is InChI=1S/C9H18O2/c1-7(5-8(2,3)4)9(10)6-11-9/h7,10H,5-6H2,1-4H3. The average Bonchev–Trinajstić information content (AvgIpc) is 2.44. The summed E-state index contributed by atoms with van der Waals surface area (Å²) < 4.78 is 4.96. The topological polar surface area (TPSA) is 32.8 Å². The predicted molar refractivity (Wildman–Crippen MR) is 44.1 cm³/mol. The lowest BCUT2D eigenvalue weighted by Gasteiger charge is -2.24. The Morgan fingerprint density at radius 2 is 2.00 bits per heavy atom. The molecule has 0 radical (unpaired) electrons. The van der Waals surface area contributed by atoms with Crippen LogP contribution in [-0.2, 0) is 4.74 Å². The van der Waals surface area contributed by atoms with Gasteiger partial charge in [-0.05, 0) is 11.8 Å². The van der Waals surface area contributed by atoms with Gasteiger partial charge in [0.2, 0.25) is 0 Å². The average molecular weight is 158 g/mol. The van der Waals surface area contributed by atoms with Gasteiger partial charge in [-0.1, -0.05) is 27.7 Å². The molecule has 2 nitrogen and oxygen atoms in total. The zero-order chi connectivity index (χ0) is 8.70. The Balaban J connectivity index is 2.38. The first-order valence-corrected chi connectivity index (χ1v) is 4.20. The summed E-state index contributed by atoms with van der Waals surface area (Å²) in [6.07, 6.45) is 1.00. The lowest BCUT2D eigenvalue weighted by atomic mass is 9.83. The summed E-state index contributed by atoms with van der Waals surface area (Å²) in [5.74, 6) is -0.532. The van der Waals surface area contributed by atoms with E-state index in [4.69, 9.17) is 4.74 Å². The first-order valence-electron chi connectivity index (χ1n) is 4.20. The maximum absolute atomic E-state index is 9.54. The number of ether oxygens (including phenoxy) is 1. The number of rotatable bonds is 2. The van der Waals surface area contributed by atoms with E-state index >= 15 is 0 Å². The zero-order valence-electron chi connectivity index (χ0n) is 7.85. The van der Waals surface area contributed by atoms with Crippen molar-refractivity contribution in [1.82, 2.24) is 0 Å². The summed E-state index contributed by atoms with van der Waals surface area (Å²) in [6, 6.07) is 0. The van der Waals surface area contributed by atoms with Gasteiger partial charge >= 0.3 is 0 Å². The van der Waals surface area contributed by atoms with E-state index in [2.05, 4.69) is 20.8 Å². The normalized spacial score (nSPS) is 33.5. The Labute approximate surface area is 68.6 Å². The second-order valence-electron chi connectivity index (χ2n) is 4.80. The van der Waals surface area contributed by atoms with Gasteiger partial charge in [-0.15, -0.1) is 0 Å². The van der Waals surface area contributed by atoms with Gasteiger partial charge in [0.25, 0.3) is 0 Å². The molecule has 0 bridgehead atoms. The van der Waals surface area contributed by atoms with Crippen LogP contribution < -0.4 is 0 Å². The van der Waals surface area contributed by atoms with Crippen molar-refractivity contribution < 1.29 is 9.84 Å². The molecule has 2 atom stereocenters. The van der Waals surface area contributed by atoms with Crippen molar-refractivity contribution in [1.29, 1.82) is 0 Å². The zero-order valence-corrected chi connectivity index (χ0v) is 7.85. The Morgan fingerprint density at radius 3 is 2.27 bits per heavy atom. The molecule has 1 N–H and O–H groups in total. The van der Waals surface area contributed by atoms with E-state index in [1.165, 1.54) is 0 Å². The van der Waals surface area contributed by atoms with Crippen molar-refractivity contribution in [3.63, 3.8) is 0 Å². The van der Waals surface area contributed by atoms with Crippen LogP contribution in [0.5, 0.6) is 0 Å². The largest absolute Gasteiger partial charge is 0.363 e. The van der Waals surface area contributed by atoms with Gasteiger partial charge in [0.1, 0.15) is 6.61 Å². The molecule has 66 valence electrons. The Bertz CT molecular complexity index is 142. The highest BCUT2D eigenvalue weighted by Gasteiger charge is 2.48. The summed E-state index contributed by atoms with van der Waals surface area (Å²) in [5, 5.41) is 9.54. The molecule has 0 aliphatic carbocycles. The summed E-state index contributed by atoms with van der Waals surface area (Å²) in [6.45, 7) is 9.09. The number of epoxide rings is 1. The van der Waals surface area contributed by atoms with E-state index in [0.29, 0.717) is 6.61 Å². The minimum absolute atomic E-state index is 0.252. The molecule has 1 rings (SSSR count). The number of hydrogen-bond donors (Lipinski definition) is 1. The van der Waals surface area contributed by atoms with Crippen LogP contribution in [0.15, 0.2) is 0 Å². The van der Waals surface area contributed by atoms with Crippen LogP contribution in [0, 0.1) is 11.3 Å². The highest BCUT2D eigenvalue weighted by molar-refractivity contribution is 4.87. The van der Waals surface area contributed by atoms with E-state index < -0.39 is 5.79 Å². The molecule has 0 aromatic carbocycles. The predicted octanol–water partition coefficient (Wildman–Crippen LogP) is 1.78. The van der Waals surface area contributed by atoms with Crippen molar-refractivity contribution in [2.45, 2.75) is 39.9 Å². The maximum Gasteiger partial charge on any atom is 0.192 e. The molecular weight excluding hydrogens is 140 g/mol. The second kappa shape index (κ2) is 2.46. The molecule has 2 unspecified atom stereocenters. The highest BCUT2D eigenvalue weighted by atomic mass is 16.7. The summed E-state index contributed by atoms with van der Waals surface area (Å²) in [7, 11) is 0. The molecule has 2 heteroatoms.